The number of hydrogen-bond donors (Lipinski definition) is 1. The molecule has 0 saturated carbocycles. The predicted octanol–water partition coefficient (Wildman–Crippen LogP) is 5.72. The molecule has 1 N–H and O–H groups in total. The van der Waals surface area contributed by atoms with Gasteiger partial charge in [0.15, 0.2) is 17.3 Å². The summed E-state index contributed by atoms with van der Waals surface area (Å²) in [7, 11) is 3.15. The van der Waals surface area contributed by atoms with E-state index in [1.165, 1.54) is 17.4 Å². The molecule has 0 aliphatic carbocycles. The summed E-state index contributed by atoms with van der Waals surface area (Å²) in [5.74, 6) is 2.12. The number of aromatic nitrogens is 3. The molecule has 3 heterocycles. The number of thiazole rings is 1. The Kier molecular flexibility index (Phi) is 6.07. The minimum atomic E-state index is -0.296. The number of fused-ring (bicyclic) bond motifs is 1. The van der Waals surface area contributed by atoms with Gasteiger partial charge in [-0.05, 0) is 42.8 Å². The molecule has 9 heteroatoms. The van der Waals surface area contributed by atoms with Crippen molar-refractivity contribution in [2.24, 2.45) is 0 Å². The third-order valence-electron chi connectivity index (χ3n) is 5.27. The lowest BCUT2D eigenvalue weighted by molar-refractivity contribution is -0.111. The molecule has 0 radical (unpaired) electrons. The lowest BCUT2D eigenvalue weighted by atomic mass is 10.2. The van der Waals surface area contributed by atoms with Crippen molar-refractivity contribution in [3.63, 3.8) is 0 Å². The number of furan rings is 1. The zero-order chi connectivity index (χ0) is 24.4. The first-order valence-corrected chi connectivity index (χ1v) is 11.6. The van der Waals surface area contributed by atoms with Crippen molar-refractivity contribution in [1.29, 1.82) is 0 Å². The molecular formula is C26H22N4O4S. The maximum atomic E-state index is 12.7. The Hall–Kier alpha value is -4.37. The molecule has 0 saturated heterocycles. The van der Waals surface area contributed by atoms with Gasteiger partial charge in [0.1, 0.15) is 17.1 Å². The van der Waals surface area contributed by atoms with E-state index in [9.17, 15) is 4.79 Å². The number of methoxy groups -OCH3 is 2. The van der Waals surface area contributed by atoms with Gasteiger partial charge in [0.05, 0.1) is 19.9 Å². The van der Waals surface area contributed by atoms with Crippen molar-refractivity contribution in [2.75, 3.05) is 19.5 Å². The van der Waals surface area contributed by atoms with Crippen molar-refractivity contribution in [1.82, 2.24) is 14.8 Å². The van der Waals surface area contributed by atoms with Gasteiger partial charge in [0.2, 0.25) is 11.0 Å². The normalized spacial score (nSPS) is 11.3. The minimum absolute atomic E-state index is 0.296. The third-order valence-corrected chi connectivity index (χ3v) is 6.08. The molecule has 2 aromatic carbocycles. The number of rotatable bonds is 7. The van der Waals surface area contributed by atoms with Gasteiger partial charge in [-0.2, -0.15) is 9.78 Å². The molecule has 0 unspecified atom stereocenters. The summed E-state index contributed by atoms with van der Waals surface area (Å²) in [6, 6.07) is 17.0. The second-order valence-electron chi connectivity index (χ2n) is 7.68. The molecule has 0 aliphatic rings. The summed E-state index contributed by atoms with van der Waals surface area (Å²) in [4.78, 5) is 17.3. The number of ether oxygens (including phenoxy) is 2. The summed E-state index contributed by atoms with van der Waals surface area (Å²) >= 11 is 1.41. The van der Waals surface area contributed by atoms with Gasteiger partial charge in [-0.15, -0.1) is 11.3 Å². The number of benzene rings is 2. The SMILES string of the molecule is COc1ccc(/C=C/C(=O)Nc2cc(C)nn2-c2nc(-c3cc4ccccc4o3)cs2)cc1OC. The van der Waals surface area contributed by atoms with Crippen LogP contribution in [0, 0.1) is 6.92 Å². The Morgan fingerprint density at radius 3 is 2.71 bits per heavy atom. The van der Waals surface area contributed by atoms with E-state index in [0.717, 1.165) is 22.2 Å². The van der Waals surface area contributed by atoms with Crippen LogP contribution in [0.3, 0.4) is 0 Å². The summed E-state index contributed by atoms with van der Waals surface area (Å²) in [5.41, 5.74) is 3.07. The van der Waals surface area contributed by atoms with E-state index in [1.807, 2.05) is 48.7 Å². The summed E-state index contributed by atoms with van der Waals surface area (Å²) in [6.07, 6.45) is 3.16. The van der Waals surface area contributed by atoms with E-state index in [-0.39, 0.29) is 5.91 Å². The maximum absolute atomic E-state index is 12.7. The quantitative estimate of drug-likeness (QED) is 0.296. The molecule has 5 aromatic rings. The molecule has 5 rings (SSSR count). The van der Waals surface area contributed by atoms with Crippen LogP contribution in [0.2, 0.25) is 0 Å². The van der Waals surface area contributed by atoms with E-state index < -0.39 is 0 Å². The summed E-state index contributed by atoms with van der Waals surface area (Å²) in [5, 5.41) is 10.9. The molecule has 0 bridgehead atoms. The van der Waals surface area contributed by atoms with Gasteiger partial charge in [-0.1, -0.05) is 24.3 Å². The molecule has 3 aromatic heterocycles. The third kappa shape index (κ3) is 4.67. The van der Waals surface area contributed by atoms with E-state index in [1.54, 1.807) is 43.2 Å². The molecule has 0 spiro atoms. The Bertz CT molecular complexity index is 1510. The predicted molar refractivity (Wildman–Crippen MR) is 136 cm³/mol. The fourth-order valence-corrected chi connectivity index (χ4v) is 4.39. The molecule has 176 valence electrons. The number of nitrogens with one attached hydrogen (secondary N) is 1. The topological polar surface area (TPSA) is 91.4 Å². The van der Waals surface area contributed by atoms with Crippen molar-refractivity contribution in [3.8, 4) is 28.1 Å². The average Bonchev–Trinajstić information content (AvgIpc) is 3.60. The summed E-state index contributed by atoms with van der Waals surface area (Å²) in [6.45, 7) is 1.86. The van der Waals surface area contributed by atoms with Gasteiger partial charge in [-0.3, -0.25) is 4.79 Å². The van der Waals surface area contributed by atoms with Crippen LogP contribution in [0.5, 0.6) is 11.5 Å². The van der Waals surface area contributed by atoms with Gasteiger partial charge in [0.25, 0.3) is 0 Å². The number of para-hydroxylation sites is 1. The van der Waals surface area contributed by atoms with Crippen molar-refractivity contribution >= 4 is 40.1 Å². The van der Waals surface area contributed by atoms with Gasteiger partial charge < -0.3 is 19.2 Å². The standard InChI is InChI=1S/C26H22N4O4S/c1-16-12-24(28-25(31)11-9-17-8-10-21(32-2)23(13-17)33-3)30(29-16)26-27-19(15-35-26)22-14-18-6-4-5-7-20(18)34-22/h4-15H,1-3H3,(H,28,31)/b11-9+. The lowest BCUT2D eigenvalue weighted by Crippen LogP contribution is -2.12. The van der Waals surface area contributed by atoms with Crippen molar-refractivity contribution in [2.45, 2.75) is 6.92 Å². The van der Waals surface area contributed by atoms with Crippen LogP contribution in [0.25, 0.3) is 33.6 Å². The highest BCUT2D eigenvalue weighted by atomic mass is 32.1. The van der Waals surface area contributed by atoms with Crippen LogP contribution in [-0.4, -0.2) is 34.9 Å². The Labute approximate surface area is 205 Å². The van der Waals surface area contributed by atoms with E-state index in [0.29, 0.717) is 33.9 Å². The largest absolute Gasteiger partial charge is 0.493 e. The van der Waals surface area contributed by atoms with E-state index in [4.69, 9.17) is 13.9 Å². The second-order valence-corrected chi connectivity index (χ2v) is 8.52. The minimum Gasteiger partial charge on any atom is -0.493 e. The molecule has 1 amide bonds. The first-order valence-electron chi connectivity index (χ1n) is 10.8. The number of aryl methyl sites for hydroxylation is 1. The molecule has 0 atom stereocenters. The zero-order valence-corrected chi connectivity index (χ0v) is 20.1. The first-order chi connectivity index (χ1) is 17.0. The Morgan fingerprint density at radius 1 is 1.09 bits per heavy atom. The number of amides is 1. The number of hydrogen-bond acceptors (Lipinski definition) is 7. The highest BCUT2D eigenvalue weighted by Gasteiger charge is 2.15. The molecule has 8 nitrogen and oxygen atoms in total. The van der Waals surface area contributed by atoms with Gasteiger partial charge >= 0.3 is 0 Å². The maximum Gasteiger partial charge on any atom is 0.249 e. The Morgan fingerprint density at radius 2 is 1.91 bits per heavy atom. The Balaban J connectivity index is 1.35. The second kappa shape index (κ2) is 9.47. The summed E-state index contributed by atoms with van der Waals surface area (Å²) < 4.78 is 18.1. The van der Waals surface area contributed by atoms with Crippen LogP contribution in [0.15, 0.2) is 70.5 Å². The molecule has 35 heavy (non-hydrogen) atoms. The monoisotopic (exact) mass is 486 g/mol. The number of anilines is 1. The number of carbonyl (C=O) groups excluding carboxylic acids is 1. The fourth-order valence-electron chi connectivity index (χ4n) is 3.61. The van der Waals surface area contributed by atoms with Crippen LogP contribution in [-0.2, 0) is 4.79 Å². The van der Waals surface area contributed by atoms with E-state index >= 15 is 0 Å². The van der Waals surface area contributed by atoms with E-state index in [2.05, 4.69) is 15.4 Å². The number of carbonyl (C=O) groups is 1. The molecule has 0 aliphatic heterocycles. The number of nitrogens with zero attached hydrogens (tertiary/aromatic N) is 3. The first kappa shape index (κ1) is 22.4. The smallest absolute Gasteiger partial charge is 0.249 e. The molecule has 0 fully saturated rings. The fraction of sp³-hybridized carbons (Fsp3) is 0.115. The average molecular weight is 487 g/mol. The molecular weight excluding hydrogens is 464 g/mol. The van der Waals surface area contributed by atoms with Crippen LogP contribution in [0.1, 0.15) is 11.3 Å². The van der Waals surface area contributed by atoms with Gasteiger partial charge in [-0.25, -0.2) is 4.98 Å². The van der Waals surface area contributed by atoms with Crippen LogP contribution in [0.4, 0.5) is 5.82 Å². The van der Waals surface area contributed by atoms with Crippen molar-refractivity contribution in [3.05, 3.63) is 77.3 Å². The van der Waals surface area contributed by atoms with Crippen LogP contribution < -0.4 is 14.8 Å². The van der Waals surface area contributed by atoms with Gasteiger partial charge in [0, 0.05) is 22.9 Å². The highest BCUT2D eigenvalue weighted by Crippen LogP contribution is 2.31. The highest BCUT2D eigenvalue weighted by molar-refractivity contribution is 7.12. The van der Waals surface area contributed by atoms with Crippen LogP contribution >= 0.6 is 11.3 Å². The zero-order valence-electron chi connectivity index (χ0n) is 19.3. The van der Waals surface area contributed by atoms with Crippen molar-refractivity contribution < 1.29 is 18.7 Å². The lowest BCUT2D eigenvalue weighted by Gasteiger charge is -2.07.